The molecule has 1 aromatic carbocycles. The number of hydrogen-bond acceptors (Lipinski definition) is 5. The van der Waals surface area contributed by atoms with E-state index in [9.17, 15) is 9.59 Å². The fourth-order valence-electron chi connectivity index (χ4n) is 3.40. The largest absolute Gasteiger partial charge is 0.493 e. The topological polar surface area (TPSA) is 93.3 Å². The van der Waals surface area contributed by atoms with Crippen LogP contribution in [0.15, 0.2) is 42.7 Å². The molecule has 0 aliphatic rings. The van der Waals surface area contributed by atoms with Crippen molar-refractivity contribution in [3.8, 4) is 11.5 Å². The van der Waals surface area contributed by atoms with Gasteiger partial charge in [0.1, 0.15) is 12.3 Å². The number of hydrogen-bond donors (Lipinski definition) is 2. The minimum atomic E-state index is -0.312. The number of amides is 1. The maximum absolute atomic E-state index is 12.9. The van der Waals surface area contributed by atoms with E-state index in [4.69, 9.17) is 9.47 Å². The van der Waals surface area contributed by atoms with Crippen LogP contribution in [-0.2, 0) is 13.0 Å². The Kier molecular flexibility index (Phi) is 6.51. The minimum absolute atomic E-state index is 0.0594. The van der Waals surface area contributed by atoms with Gasteiger partial charge in [-0.25, -0.2) is 0 Å². The zero-order chi connectivity index (χ0) is 21.7. The molecule has 156 valence electrons. The summed E-state index contributed by atoms with van der Waals surface area (Å²) in [7, 11) is 1.56. The summed E-state index contributed by atoms with van der Waals surface area (Å²) in [5.74, 6) is 0.699. The third kappa shape index (κ3) is 4.51. The molecule has 0 aliphatic heterocycles. The molecule has 0 fully saturated rings. The van der Waals surface area contributed by atoms with E-state index >= 15 is 0 Å². The molecule has 0 atom stereocenters. The van der Waals surface area contributed by atoms with E-state index in [1.165, 1.54) is 6.92 Å². The first-order chi connectivity index (χ1) is 14.4. The molecule has 0 saturated heterocycles. The van der Waals surface area contributed by atoms with Crippen LogP contribution in [0, 0.1) is 6.92 Å². The Bertz CT molecular complexity index is 1060. The number of H-pyrrole nitrogens is 1. The van der Waals surface area contributed by atoms with E-state index in [1.54, 1.807) is 44.6 Å². The number of nitrogens with one attached hydrogen (secondary N) is 2. The Morgan fingerprint density at radius 3 is 2.50 bits per heavy atom. The van der Waals surface area contributed by atoms with Crippen LogP contribution < -0.4 is 14.8 Å². The number of anilines is 1. The number of Topliss-reactive ketones (excluding diaryl/α,β-unsaturated/α-hetero) is 1. The Labute approximate surface area is 175 Å². The first-order valence-electron chi connectivity index (χ1n) is 9.68. The van der Waals surface area contributed by atoms with Gasteiger partial charge in [0.25, 0.3) is 5.91 Å². The molecule has 30 heavy (non-hydrogen) atoms. The van der Waals surface area contributed by atoms with Crippen LogP contribution in [0.4, 0.5) is 5.69 Å². The number of aryl methyl sites for hydroxylation is 1. The number of carbonyl (C=O) groups is 2. The summed E-state index contributed by atoms with van der Waals surface area (Å²) in [6.45, 7) is 5.57. The number of aromatic amines is 1. The van der Waals surface area contributed by atoms with Crippen molar-refractivity contribution in [1.82, 2.24) is 9.97 Å². The van der Waals surface area contributed by atoms with Crippen LogP contribution in [-0.4, -0.2) is 28.8 Å². The molecule has 3 rings (SSSR count). The summed E-state index contributed by atoms with van der Waals surface area (Å²) in [5.41, 5.74) is 3.92. The highest BCUT2D eigenvalue weighted by atomic mass is 16.5. The summed E-state index contributed by atoms with van der Waals surface area (Å²) < 4.78 is 11.3. The van der Waals surface area contributed by atoms with Gasteiger partial charge in [-0.2, -0.15) is 0 Å². The fourth-order valence-corrected chi connectivity index (χ4v) is 3.40. The van der Waals surface area contributed by atoms with Crippen molar-refractivity contribution in [2.45, 2.75) is 33.8 Å². The van der Waals surface area contributed by atoms with Crippen molar-refractivity contribution < 1.29 is 19.1 Å². The zero-order valence-electron chi connectivity index (χ0n) is 17.5. The molecular weight excluding hydrogens is 382 g/mol. The second kappa shape index (κ2) is 9.26. The summed E-state index contributed by atoms with van der Waals surface area (Å²) in [6, 6.07) is 8.92. The molecule has 0 unspecified atom stereocenters. The van der Waals surface area contributed by atoms with Gasteiger partial charge >= 0.3 is 0 Å². The van der Waals surface area contributed by atoms with Gasteiger partial charge in [0.2, 0.25) is 0 Å². The minimum Gasteiger partial charge on any atom is -0.493 e. The lowest BCUT2D eigenvalue weighted by atomic mass is 10.0. The average molecular weight is 407 g/mol. The van der Waals surface area contributed by atoms with Crippen LogP contribution in [0.1, 0.15) is 51.5 Å². The maximum Gasteiger partial charge on any atom is 0.272 e. The lowest BCUT2D eigenvalue weighted by Crippen LogP contribution is -2.15. The Hall–Kier alpha value is -3.61. The molecule has 2 N–H and O–H groups in total. The quantitative estimate of drug-likeness (QED) is 0.542. The first-order valence-corrected chi connectivity index (χ1v) is 9.68. The van der Waals surface area contributed by atoms with Crippen molar-refractivity contribution in [3.63, 3.8) is 0 Å². The highest BCUT2D eigenvalue weighted by molar-refractivity contribution is 6.07. The number of carbonyl (C=O) groups excluding carboxylic acids is 2. The van der Waals surface area contributed by atoms with Gasteiger partial charge in [0, 0.05) is 35.4 Å². The molecular formula is C23H25N3O4. The normalized spacial score (nSPS) is 10.5. The highest BCUT2D eigenvalue weighted by Crippen LogP contribution is 2.31. The standard InChI is InChI=1S/C23H25N3O4/c1-5-18-21(15(3)27)14(2)25-22(18)23(28)26-17-6-7-19(29-4)20(12-17)30-13-16-8-10-24-11-9-16/h6-12,25H,5,13H2,1-4H3,(H,26,28). The number of ether oxygens (including phenoxy) is 2. The average Bonchev–Trinajstić information content (AvgIpc) is 3.09. The SMILES string of the molecule is CCc1c(C(=O)Nc2ccc(OC)c(OCc3ccncc3)c2)[nH]c(C)c1C(C)=O. The molecule has 2 aromatic heterocycles. The molecule has 7 heteroatoms. The number of nitrogens with zero attached hydrogens (tertiary/aromatic N) is 1. The van der Waals surface area contributed by atoms with Gasteiger partial charge in [-0.15, -0.1) is 0 Å². The number of rotatable bonds is 8. The molecule has 7 nitrogen and oxygen atoms in total. The summed E-state index contributed by atoms with van der Waals surface area (Å²) >= 11 is 0. The van der Waals surface area contributed by atoms with Crippen LogP contribution in [0.3, 0.4) is 0 Å². The van der Waals surface area contributed by atoms with Crippen LogP contribution in [0.5, 0.6) is 11.5 Å². The van der Waals surface area contributed by atoms with Crippen molar-refractivity contribution >= 4 is 17.4 Å². The van der Waals surface area contributed by atoms with Gasteiger partial charge in [-0.1, -0.05) is 6.92 Å². The molecule has 2 heterocycles. The molecule has 0 saturated carbocycles. The van der Waals surface area contributed by atoms with Crippen LogP contribution in [0.2, 0.25) is 0 Å². The summed E-state index contributed by atoms with van der Waals surface area (Å²) in [6.07, 6.45) is 3.97. The second-order valence-electron chi connectivity index (χ2n) is 6.85. The Morgan fingerprint density at radius 1 is 1.13 bits per heavy atom. The molecule has 0 bridgehead atoms. The van der Waals surface area contributed by atoms with E-state index in [-0.39, 0.29) is 11.7 Å². The molecule has 0 spiro atoms. The predicted octanol–water partition coefficient (Wildman–Crippen LogP) is 4.32. The zero-order valence-corrected chi connectivity index (χ0v) is 17.5. The Balaban J connectivity index is 1.82. The second-order valence-corrected chi connectivity index (χ2v) is 6.85. The summed E-state index contributed by atoms with van der Waals surface area (Å²) in [4.78, 5) is 31.9. The third-order valence-electron chi connectivity index (χ3n) is 4.79. The van der Waals surface area contributed by atoms with E-state index in [2.05, 4.69) is 15.3 Å². The van der Waals surface area contributed by atoms with Crippen LogP contribution in [0.25, 0.3) is 0 Å². The van der Waals surface area contributed by atoms with Gasteiger partial charge in [0.05, 0.1) is 7.11 Å². The predicted molar refractivity (Wildman–Crippen MR) is 114 cm³/mol. The van der Waals surface area contributed by atoms with Gasteiger partial charge < -0.3 is 19.8 Å². The smallest absolute Gasteiger partial charge is 0.272 e. The van der Waals surface area contributed by atoms with Gasteiger partial charge in [0.15, 0.2) is 17.3 Å². The first kappa shape index (κ1) is 21.1. The maximum atomic E-state index is 12.9. The number of methoxy groups -OCH3 is 1. The van der Waals surface area contributed by atoms with E-state index < -0.39 is 0 Å². The number of benzene rings is 1. The molecule has 0 aliphatic carbocycles. The Morgan fingerprint density at radius 2 is 1.87 bits per heavy atom. The lowest BCUT2D eigenvalue weighted by molar-refractivity contribution is 0.101. The monoisotopic (exact) mass is 407 g/mol. The number of ketones is 1. The highest BCUT2D eigenvalue weighted by Gasteiger charge is 2.22. The van der Waals surface area contributed by atoms with Crippen molar-refractivity contribution in [2.75, 3.05) is 12.4 Å². The van der Waals surface area contributed by atoms with Gasteiger partial charge in [-0.3, -0.25) is 14.6 Å². The summed E-state index contributed by atoms with van der Waals surface area (Å²) in [5, 5.41) is 2.88. The lowest BCUT2D eigenvalue weighted by Gasteiger charge is -2.13. The van der Waals surface area contributed by atoms with Crippen molar-refractivity contribution in [2.24, 2.45) is 0 Å². The molecule has 3 aromatic rings. The number of pyridine rings is 1. The van der Waals surface area contributed by atoms with E-state index in [0.29, 0.717) is 47.2 Å². The van der Waals surface area contributed by atoms with Crippen LogP contribution >= 0.6 is 0 Å². The van der Waals surface area contributed by atoms with E-state index in [0.717, 1.165) is 11.1 Å². The van der Waals surface area contributed by atoms with E-state index in [1.807, 2.05) is 19.1 Å². The molecule has 1 amide bonds. The van der Waals surface area contributed by atoms with Gasteiger partial charge in [-0.05, 0) is 55.7 Å². The molecule has 0 radical (unpaired) electrons. The third-order valence-corrected chi connectivity index (χ3v) is 4.79. The van der Waals surface area contributed by atoms with Crippen molar-refractivity contribution in [1.29, 1.82) is 0 Å². The number of aromatic nitrogens is 2. The van der Waals surface area contributed by atoms with Crippen molar-refractivity contribution in [3.05, 3.63) is 70.8 Å². The fraction of sp³-hybridized carbons (Fsp3) is 0.261.